The Hall–Kier alpha value is -1.42. The van der Waals surface area contributed by atoms with Crippen molar-refractivity contribution in [1.82, 2.24) is 14.8 Å². The summed E-state index contributed by atoms with van der Waals surface area (Å²) in [5.41, 5.74) is 0.716. The standard InChI is InChI=1S/C19H29N3O/c1-16-5-2-3-11-21(16)12-7-17-8-13-22(14-9-17)19(23)18-6-4-10-20-15-18/h4,6,10,15-17H,2-3,5,7-9,11-14H2,1H3. The van der Waals surface area contributed by atoms with E-state index in [2.05, 4.69) is 16.8 Å². The summed E-state index contributed by atoms with van der Waals surface area (Å²) in [6, 6.07) is 4.45. The van der Waals surface area contributed by atoms with Crippen LogP contribution in [0.4, 0.5) is 0 Å². The summed E-state index contributed by atoms with van der Waals surface area (Å²) in [5.74, 6) is 0.920. The average Bonchev–Trinajstić information content (AvgIpc) is 2.62. The van der Waals surface area contributed by atoms with Crippen LogP contribution in [0.25, 0.3) is 0 Å². The summed E-state index contributed by atoms with van der Waals surface area (Å²) < 4.78 is 0. The summed E-state index contributed by atoms with van der Waals surface area (Å²) in [6.07, 6.45) is 11.1. The van der Waals surface area contributed by atoms with Crippen molar-refractivity contribution in [2.24, 2.45) is 5.92 Å². The Labute approximate surface area is 139 Å². The smallest absolute Gasteiger partial charge is 0.255 e. The van der Waals surface area contributed by atoms with Crippen molar-refractivity contribution >= 4 is 5.91 Å². The molecular formula is C19H29N3O. The molecule has 2 aliphatic heterocycles. The molecule has 1 amide bonds. The Morgan fingerprint density at radius 1 is 1.22 bits per heavy atom. The maximum absolute atomic E-state index is 12.4. The molecule has 2 saturated heterocycles. The lowest BCUT2D eigenvalue weighted by molar-refractivity contribution is 0.0672. The first-order valence-corrected chi connectivity index (χ1v) is 9.17. The monoisotopic (exact) mass is 315 g/mol. The molecule has 2 aliphatic rings. The molecule has 0 saturated carbocycles. The highest BCUT2D eigenvalue weighted by Gasteiger charge is 2.25. The number of piperidine rings is 2. The van der Waals surface area contributed by atoms with Gasteiger partial charge in [0.15, 0.2) is 0 Å². The lowest BCUT2D eigenvalue weighted by Crippen LogP contribution is -2.41. The van der Waals surface area contributed by atoms with Crippen LogP contribution in [0.15, 0.2) is 24.5 Å². The van der Waals surface area contributed by atoms with Gasteiger partial charge in [-0.3, -0.25) is 9.78 Å². The number of hydrogen-bond acceptors (Lipinski definition) is 3. The van der Waals surface area contributed by atoms with E-state index in [1.54, 1.807) is 12.4 Å². The number of pyridine rings is 1. The number of carbonyl (C=O) groups is 1. The second kappa shape index (κ2) is 7.91. The Balaban J connectivity index is 1.42. The normalized spacial score (nSPS) is 23.9. The quantitative estimate of drug-likeness (QED) is 0.856. The molecule has 0 aromatic carbocycles. The van der Waals surface area contributed by atoms with E-state index in [0.717, 1.165) is 37.9 Å². The molecule has 0 radical (unpaired) electrons. The zero-order valence-corrected chi connectivity index (χ0v) is 14.3. The maximum atomic E-state index is 12.4. The minimum atomic E-state index is 0.140. The van der Waals surface area contributed by atoms with Crippen molar-refractivity contribution in [3.8, 4) is 0 Å². The predicted molar refractivity (Wildman–Crippen MR) is 92.4 cm³/mol. The number of likely N-dealkylation sites (tertiary alicyclic amines) is 2. The molecule has 4 nitrogen and oxygen atoms in total. The van der Waals surface area contributed by atoms with Crippen LogP contribution in [0.5, 0.6) is 0 Å². The fourth-order valence-corrected chi connectivity index (χ4v) is 3.93. The molecule has 1 atom stereocenters. The van der Waals surface area contributed by atoms with Gasteiger partial charge in [-0.1, -0.05) is 6.42 Å². The van der Waals surface area contributed by atoms with Crippen LogP contribution >= 0.6 is 0 Å². The summed E-state index contributed by atoms with van der Waals surface area (Å²) >= 11 is 0. The average molecular weight is 315 g/mol. The second-order valence-electron chi connectivity index (χ2n) is 7.15. The maximum Gasteiger partial charge on any atom is 0.255 e. The predicted octanol–water partition coefficient (Wildman–Crippen LogP) is 3.20. The van der Waals surface area contributed by atoms with Gasteiger partial charge >= 0.3 is 0 Å². The van der Waals surface area contributed by atoms with E-state index in [0.29, 0.717) is 5.56 Å². The molecule has 3 heterocycles. The van der Waals surface area contributed by atoms with Gasteiger partial charge in [0.2, 0.25) is 0 Å². The molecule has 3 rings (SSSR count). The number of aromatic nitrogens is 1. The molecule has 0 N–H and O–H groups in total. The van der Waals surface area contributed by atoms with Crippen molar-refractivity contribution < 1.29 is 4.79 Å². The van der Waals surface area contributed by atoms with E-state index < -0.39 is 0 Å². The largest absolute Gasteiger partial charge is 0.339 e. The van der Waals surface area contributed by atoms with Gasteiger partial charge in [-0.2, -0.15) is 0 Å². The van der Waals surface area contributed by atoms with Gasteiger partial charge in [-0.25, -0.2) is 0 Å². The molecule has 0 bridgehead atoms. The van der Waals surface area contributed by atoms with Gasteiger partial charge < -0.3 is 9.80 Å². The minimum absolute atomic E-state index is 0.140. The van der Waals surface area contributed by atoms with Crippen molar-refractivity contribution in [2.75, 3.05) is 26.2 Å². The third-order valence-corrected chi connectivity index (χ3v) is 5.58. The van der Waals surface area contributed by atoms with E-state index >= 15 is 0 Å². The molecule has 0 aliphatic carbocycles. The Morgan fingerprint density at radius 3 is 2.74 bits per heavy atom. The summed E-state index contributed by atoms with van der Waals surface area (Å²) in [7, 11) is 0. The Kier molecular flexibility index (Phi) is 5.65. The van der Waals surface area contributed by atoms with Gasteiger partial charge in [0.05, 0.1) is 5.56 Å². The number of amides is 1. The Bertz CT molecular complexity index is 497. The van der Waals surface area contributed by atoms with Gasteiger partial charge in [-0.15, -0.1) is 0 Å². The molecule has 126 valence electrons. The zero-order valence-electron chi connectivity index (χ0n) is 14.3. The van der Waals surface area contributed by atoms with Crippen molar-refractivity contribution in [3.05, 3.63) is 30.1 Å². The van der Waals surface area contributed by atoms with Gasteiger partial charge in [0.25, 0.3) is 5.91 Å². The van der Waals surface area contributed by atoms with Gasteiger partial charge in [-0.05, 0) is 70.2 Å². The van der Waals surface area contributed by atoms with E-state index in [1.165, 1.54) is 38.8 Å². The summed E-state index contributed by atoms with van der Waals surface area (Å²) in [6.45, 7) is 6.68. The summed E-state index contributed by atoms with van der Waals surface area (Å²) in [4.78, 5) is 21.1. The van der Waals surface area contributed by atoms with Crippen molar-refractivity contribution in [2.45, 2.75) is 51.5 Å². The highest BCUT2D eigenvalue weighted by Crippen LogP contribution is 2.24. The lowest BCUT2D eigenvalue weighted by atomic mass is 9.92. The Morgan fingerprint density at radius 2 is 2.04 bits per heavy atom. The number of carbonyl (C=O) groups excluding carboxylic acids is 1. The van der Waals surface area contributed by atoms with Crippen LogP contribution in [0.3, 0.4) is 0 Å². The number of nitrogens with zero attached hydrogens (tertiary/aromatic N) is 3. The molecule has 1 aromatic rings. The van der Waals surface area contributed by atoms with E-state index in [4.69, 9.17) is 0 Å². The van der Waals surface area contributed by atoms with Crippen LogP contribution in [-0.2, 0) is 0 Å². The van der Waals surface area contributed by atoms with Crippen molar-refractivity contribution in [1.29, 1.82) is 0 Å². The zero-order chi connectivity index (χ0) is 16.1. The SMILES string of the molecule is CC1CCCCN1CCC1CCN(C(=O)c2cccnc2)CC1. The third-order valence-electron chi connectivity index (χ3n) is 5.58. The fourth-order valence-electron chi connectivity index (χ4n) is 3.93. The van der Waals surface area contributed by atoms with Crippen LogP contribution < -0.4 is 0 Å². The van der Waals surface area contributed by atoms with Crippen LogP contribution in [-0.4, -0.2) is 52.9 Å². The number of hydrogen-bond donors (Lipinski definition) is 0. The van der Waals surface area contributed by atoms with E-state index in [9.17, 15) is 4.79 Å². The number of rotatable bonds is 4. The fraction of sp³-hybridized carbons (Fsp3) is 0.684. The minimum Gasteiger partial charge on any atom is -0.339 e. The molecule has 1 unspecified atom stereocenters. The molecule has 4 heteroatoms. The molecule has 1 aromatic heterocycles. The first-order valence-electron chi connectivity index (χ1n) is 9.17. The topological polar surface area (TPSA) is 36.4 Å². The molecule has 23 heavy (non-hydrogen) atoms. The second-order valence-corrected chi connectivity index (χ2v) is 7.15. The lowest BCUT2D eigenvalue weighted by Gasteiger charge is -2.36. The van der Waals surface area contributed by atoms with Gasteiger partial charge in [0.1, 0.15) is 0 Å². The molecule has 0 spiro atoms. The highest BCUT2D eigenvalue weighted by molar-refractivity contribution is 5.93. The van der Waals surface area contributed by atoms with Gasteiger partial charge in [0, 0.05) is 31.5 Å². The van der Waals surface area contributed by atoms with Crippen molar-refractivity contribution in [3.63, 3.8) is 0 Å². The molecular weight excluding hydrogens is 286 g/mol. The van der Waals surface area contributed by atoms with Crippen LogP contribution in [0.2, 0.25) is 0 Å². The van der Waals surface area contributed by atoms with Crippen LogP contribution in [0, 0.1) is 5.92 Å². The summed E-state index contributed by atoms with van der Waals surface area (Å²) in [5, 5.41) is 0. The van der Waals surface area contributed by atoms with E-state index in [1.807, 2.05) is 17.0 Å². The first-order chi connectivity index (χ1) is 11.2. The highest BCUT2D eigenvalue weighted by atomic mass is 16.2. The van der Waals surface area contributed by atoms with Crippen LogP contribution in [0.1, 0.15) is 55.8 Å². The van der Waals surface area contributed by atoms with E-state index in [-0.39, 0.29) is 5.91 Å². The third kappa shape index (κ3) is 4.31. The molecule has 2 fully saturated rings. The first kappa shape index (κ1) is 16.4.